The normalized spacial score (nSPS) is 14.2. The summed E-state index contributed by atoms with van der Waals surface area (Å²) in [6.07, 6.45) is 3.58. The Morgan fingerprint density at radius 3 is 3.00 bits per heavy atom. The molecule has 0 spiro atoms. The molecule has 0 fully saturated rings. The Bertz CT molecular complexity index is 347. The van der Waals surface area contributed by atoms with Gasteiger partial charge in [-0.05, 0) is 49.5 Å². The van der Waals surface area contributed by atoms with Crippen LogP contribution in [0, 0.1) is 0 Å². The van der Waals surface area contributed by atoms with E-state index in [9.17, 15) is 0 Å². The minimum absolute atomic E-state index is 1.10. The van der Waals surface area contributed by atoms with Gasteiger partial charge < -0.3 is 10.2 Å². The number of benzene rings is 1. The molecule has 0 bridgehead atoms. The zero-order valence-corrected chi connectivity index (χ0v) is 10.4. The van der Waals surface area contributed by atoms with Crippen molar-refractivity contribution in [1.29, 1.82) is 0 Å². The van der Waals surface area contributed by atoms with Crippen LogP contribution in [-0.2, 0) is 12.8 Å². The van der Waals surface area contributed by atoms with Gasteiger partial charge in [0.15, 0.2) is 0 Å². The zero-order chi connectivity index (χ0) is 11.4. The Morgan fingerprint density at radius 1 is 1.31 bits per heavy atom. The summed E-state index contributed by atoms with van der Waals surface area (Å²) in [7, 11) is 2.17. The zero-order valence-electron chi connectivity index (χ0n) is 10.4. The van der Waals surface area contributed by atoms with E-state index in [1.54, 1.807) is 0 Å². The van der Waals surface area contributed by atoms with Crippen molar-refractivity contribution in [2.24, 2.45) is 0 Å². The van der Waals surface area contributed by atoms with Gasteiger partial charge in [0.1, 0.15) is 0 Å². The van der Waals surface area contributed by atoms with Crippen molar-refractivity contribution in [2.75, 3.05) is 31.6 Å². The highest BCUT2D eigenvalue weighted by Crippen LogP contribution is 2.27. The molecule has 88 valence electrons. The maximum absolute atomic E-state index is 3.45. The van der Waals surface area contributed by atoms with Crippen LogP contribution < -0.4 is 10.2 Å². The summed E-state index contributed by atoms with van der Waals surface area (Å²) >= 11 is 0. The van der Waals surface area contributed by atoms with Gasteiger partial charge in [-0.15, -0.1) is 0 Å². The summed E-state index contributed by atoms with van der Waals surface area (Å²) in [5, 5.41) is 3.45. The molecular formula is C14H22N2. The van der Waals surface area contributed by atoms with Crippen LogP contribution in [0.25, 0.3) is 0 Å². The second kappa shape index (κ2) is 5.35. The number of likely N-dealkylation sites (N-methyl/N-ethyl adjacent to an activating group) is 1. The third-order valence-corrected chi connectivity index (χ3v) is 3.29. The molecule has 0 aromatic heterocycles. The molecule has 0 amide bonds. The molecule has 1 heterocycles. The fraction of sp³-hybridized carbons (Fsp3) is 0.571. The first-order valence-electron chi connectivity index (χ1n) is 6.35. The molecule has 0 aliphatic carbocycles. The molecule has 2 rings (SSSR count). The first-order valence-corrected chi connectivity index (χ1v) is 6.35. The summed E-state index contributed by atoms with van der Waals surface area (Å²) < 4.78 is 0. The van der Waals surface area contributed by atoms with E-state index in [1.807, 2.05) is 0 Å². The Morgan fingerprint density at radius 2 is 2.19 bits per heavy atom. The lowest BCUT2D eigenvalue weighted by atomic mass is 10.1. The summed E-state index contributed by atoms with van der Waals surface area (Å²) in [5.41, 5.74) is 4.42. The SMILES string of the molecule is CCCNCCc1ccc2c(c1)CCN2C. The lowest BCUT2D eigenvalue weighted by Gasteiger charge is -2.12. The number of hydrogen-bond donors (Lipinski definition) is 1. The number of hydrogen-bond acceptors (Lipinski definition) is 2. The van der Waals surface area contributed by atoms with Crippen molar-refractivity contribution in [3.05, 3.63) is 29.3 Å². The van der Waals surface area contributed by atoms with Crippen molar-refractivity contribution < 1.29 is 0 Å². The molecular weight excluding hydrogens is 196 g/mol. The molecule has 0 atom stereocenters. The molecule has 1 N–H and O–H groups in total. The molecule has 0 saturated heterocycles. The summed E-state index contributed by atoms with van der Waals surface area (Å²) in [6.45, 7) is 5.61. The van der Waals surface area contributed by atoms with E-state index in [0.29, 0.717) is 0 Å². The highest BCUT2D eigenvalue weighted by molar-refractivity contribution is 5.58. The largest absolute Gasteiger partial charge is 0.374 e. The van der Waals surface area contributed by atoms with E-state index in [4.69, 9.17) is 0 Å². The third-order valence-electron chi connectivity index (χ3n) is 3.29. The summed E-state index contributed by atoms with van der Waals surface area (Å²) in [4.78, 5) is 2.34. The van der Waals surface area contributed by atoms with E-state index in [2.05, 4.69) is 42.4 Å². The van der Waals surface area contributed by atoms with Crippen molar-refractivity contribution >= 4 is 5.69 Å². The first kappa shape index (κ1) is 11.5. The van der Waals surface area contributed by atoms with Crippen molar-refractivity contribution in [3.63, 3.8) is 0 Å². The number of fused-ring (bicyclic) bond motifs is 1. The monoisotopic (exact) mass is 218 g/mol. The van der Waals surface area contributed by atoms with Gasteiger partial charge in [0.2, 0.25) is 0 Å². The van der Waals surface area contributed by atoms with E-state index in [-0.39, 0.29) is 0 Å². The fourth-order valence-electron chi connectivity index (χ4n) is 2.31. The molecule has 1 aliphatic rings. The predicted molar refractivity (Wildman–Crippen MR) is 70.3 cm³/mol. The molecule has 2 nitrogen and oxygen atoms in total. The van der Waals surface area contributed by atoms with E-state index < -0.39 is 0 Å². The number of nitrogens with zero attached hydrogens (tertiary/aromatic N) is 1. The quantitative estimate of drug-likeness (QED) is 0.762. The highest BCUT2D eigenvalue weighted by Gasteiger charge is 2.14. The predicted octanol–water partition coefficient (Wildman–Crippen LogP) is 2.22. The average molecular weight is 218 g/mol. The van der Waals surface area contributed by atoms with Gasteiger partial charge in [-0.25, -0.2) is 0 Å². The van der Waals surface area contributed by atoms with Gasteiger partial charge in [-0.2, -0.15) is 0 Å². The van der Waals surface area contributed by atoms with Crippen LogP contribution in [0.4, 0.5) is 5.69 Å². The Hall–Kier alpha value is -1.02. The van der Waals surface area contributed by atoms with E-state index >= 15 is 0 Å². The van der Waals surface area contributed by atoms with Gasteiger partial charge in [0.05, 0.1) is 0 Å². The van der Waals surface area contributed by atoms with Gasteiger partial charge >= 0.3 is 0 Å². The Balaban J connectivity index is 1.92. The van der Waals surface area contributed by atoms with Gasteiger partial charge in [-0.3, -0.25) is 0 Å². The van der Waals surface area contributed by atoms with E-state index in [0.717, 1.165) is 19.5 Å². The standard InChI is InChI=1S/C14H22N2/c1-3-8-15-9-6-12-4-5-14-13(11-12)7-10-16(14)2/h4-5,11,15H,3,6-10H2,1-2H3. The van der Waals surface area contributed by atoms with Gasteiger partial charge in [0, 0.05) is 19.3 Å². The van der Waals surface area contributed by atoms with Gasteiger partial charge in [0.25, 0.3) is 0 Å². The van der Waals surface area contributed by atoms with Crippen LogP contribution in [-0.4, -0.2) is 26.7 Å². The van der Waals surface area contributed by atoms with Crippen LogP contribution in [0.15, 0.2) is 18.2 Å². The topological polar surface area (TPSA) is 15.3 Å². The maximum Gasteiger partial charge on any atom is 0.0397 e. The van der Waals surface area contributed by atoms with Crippen molar-refractivity contribution in [1.82, 2.24) is 5.32 Å². The number of anilines is 1. The molecule has 0 saturated carbocycles. The van der Waals surface area contributed by atoms with Crippen LogP contribution in [0.5, 0.6) is 0 Å². The minimum atomic E-state index is 1.10. The van der Waals surface area contributed by atoms with Crippen molar-refractivity contribution in [2.45, 2.75) is 26.2 Å². The fourth-order valence-corrected chi connectivity index (χ4v) is 2.31. The number of rotatable bonds is 5. The number of nitrogens with one attached hydrogen (secondary N) is 1. The average Bonchev–Trinajstić information content (AvgIpc) is 2.66. The summed E-state index contributed by atoms with van der Waals surface area (Å²) in [6, 6.07) is 6.93. The second-order valence-electron chi connectivity index (χ2n) is 4.63. The molecule has 2 heteroatoms. The maximum atomic E-state index is 3.45. The molecule has 0 radical (unpaired) electrons. The lowest BCUT2D eigenvalue weighted by molar-refractivity contribution is 0.671. The van der Waals surface area contributed by atoms with Crippen LogP contribution in [0.3, 0.4) is 0 Å². The second-order valence-corrected chi connectivity index (χ2v) is 4.63. The first-order chi connectivity index (χ1) is 7.81. The van der Waals surface area contributed by atoms with E-state index in [1.165, 1.54) is 36.2 Å². The lowest BCUT2D eigenvalue weighted by Crippen LogP contribution is -2.17. The third kappa shape index (κ3) is 2.56. The Kier molecular flexibility index (Phi) is 3.83. The highest BCUT2D eigenvalue weighted by atomic mass is 15.1. The smallest absolute Gasteiger partial charge is 0.0397 e. The minimum Gasteiger partial charge on any atom is -0.374 e. The van der Waals surface area contributed by atoms with Crippen LogP contribution in [0.1, 0.15) is 24.5 Å². The molecule has 1 aromatic carbocycles. The van der Waals surface area contributed by atoms with Crippen molar-refractivity contribution in [3.8, 4) is 0 Å². The van der Waals surface area contributed by atoms with Crippen LogP contribution in [0.2, 0.25) is 0 Å². The van der Waals surface area contributed by atoms with Crippen LogP contribution >= 0.6 is 0 Å². The molecule has 0 unspecified atom stereocenters. The molecule has 1 aromatic rings. The summed E-state index contributed by atoms with van der Waals surface area (Å²) in [5.74, 6) is 0. The molecule has 16 heavy (non-hydrogen) atoms. The Labute approximate surface area is 98.7 Å². The molecule has 1 aliphatic heterocycles. The van der Waals surface area contributed by atoms with Gasteiger partial charge in [-0.1, -0.05) is 19.1 Å².